The zero-order valence-electron chi connectivity index (χ0n) is 10.7. The van der Waals surface area contributed by atoms with Crippen LogP contribution in [0, 0.1) is 10.1 Å². The molecule has 0 atom stereocenters. The van der Waals surface area contributed by atoms with Crippen LogP contribution >= 0.6 is 27.7 Å². The van der Waals surface area contributed by atoms with Crippen molar-refractivity contribution < 1.29 is 14.8 Å². The third-order valence-corrected chi connectivity index (χ3v) is 4.64. The maximum absolute atomic E-state index is 10.7. The fourth-order valence-electron chi connectivity index (χ4n) is 1.66. The number of benzene rings is 2. The molecule has 7 heteroatoms. The average molecular weight is 368 g/mol. The van der Waals surface area contributed by atoms with Gasteiger partial charge in [-0.1, -0.05) is 23.9 Å². The number of hydrogen-bond donors (Lipinski definition) is 1. The van der Waals surface area contributed by atoms with Crippen LogP contribution in [0.3, 0.4) is 0 Å². The molecule has 2 aromatic rings. The Labute approximate surface area is 133 Å². The second-order valence-corrected chi connectivity index (χ2v) is 6.16. The van der Waals surface area contributed by atoms with E-state index >= 15 is 0 Å². The van der Waals surface area contributed by atoms with Crippen LogP contribution in [0.1, 0.15) is 5.56 Å². The number of aliphatic carboxylic acids is 1. The Bertz CT molecular complexity index is 688. The highest BCUT2D eigenvalue weighted by atomic mass is 79.9. The van der Waals surface area contributed by atoms with E-state index in [1.807, 2.05) is 12.1 Å². The van der Waals surface area contributed by atoms with Gasteiger partial charge in [0.15, 0.2) is 0 Å². The first-order valence-electron chi connectivity index (χ1n) is 5.88. The Hall–Kier alpha value is -1.86. The molecule has 0 heterocycles. The summed E-state index contributed by atoms with van der Waals surface area (Å²) in [5, 5.41) is 19.4. The van der Waals surface area contributed by atoms with Crippen LogP contribution in [0.5, 0.6) is 0 Å². The summed E-state index contributed by atoms with van der Waals surface area (Å²) in [6, 6.07) is 11.8. The average Bonchev–Trinajstić information content (AvgIpc) is 2.42. The minimum Gasteiger partial charge on any atom is -0.481 e. The van der Waals surface area contributed by atoms with Crippen molar-refractivity contribution in [1.29, 1.82) is 0 Å². The number of nitro groups is 1. The van der Waals surface area contributed by atoms with Gasteiger partial charge in [0.25, 0.3) is 5.69 Å². The first-order valence-corrected chi connectivity index (χ1v) is 7.49. The fraction of sp³-hybridized carbons (Fsp3) is 0.0714. The molecule has 108 valence electrons. The highest BCUT2D eigenvalue weighted by Crippen LogP contribution is 2.35. The molecule has 2 aromatic carbocycles. The van der Waals surface area contributed by atoms with Gasteiger partial charge in [-0.15, -0.1) is 0 Å². The monoisotopic (exact) mass is 367 g/mol. The van der Waals surface area contributed by atoms with Gasteiger partial charge in [0.05, 0.1) is 11.3 Å². The van der Waals surface area contributed by atoms with Gasteiger partial charge >= 0.3 is 5.97 Å². The second kappa shape index (κ2) is 6.73. The number of nitro benzene ring substituents is 1. The van der Waals surface area contributed by atoms with Crippen molar-refractivity contribution in [3.05, 3.63) is 62.6 Å². The van der Waals surface area contributed by atoms with Crippen molar-refractivity contribution >= 4 is 39.3 Å². The molecule has 21 heavy (non-hydrogen) atoms. The zero-order valence-corrected chi connectivity index (χ0v) is 13.1. The standard InChI is InChI=1S/C14H10BrNO4S/c15-12-8-10(16(19)20)3-6-13(12)21-11-4-1-9(2-5-11)7-14(17)18/h1-6,8H,7H2,(H,17,18). The van der Waals surface area contributed by atoms with Crippen molar-refractivity contribution in [2.75, 3.05) is 0 Å². The molecule has 0 saturated heterocycles. The summed E-state index contributed by atoms with van der Waals surface area (Å²) in [7, 11) is 0. The van der Waals surface area contributed by atoms with Crippen molar-refractivity contribution in [2.45, 2.75) is 16.2 Å². The van der Waals surface area contributed by atoms with E-state index in [4.69, 9.17) is 5.11 Å². The summed E-state index contributed by atoms with van der Waals surface area (Å²) in [5.74, 6) is -0.867. The van der Waals surface area contributed by atoms with Crippen molar-refractivity contribution in [3.63, 3.8) is 0 Å². The number of carboxylic acid groups (broad SMARTS) is 1. The van der Waals surface area contributed by atoms with E-state index in [2.05, 4.69) is 15.9 Å². The molecule has 1 N–H and O–H groups in total. The molecule has 0 amide bonds. The topological polar surface area (TPSA) is 80.4 Å². The summed E-state index contributed by atoms with van der Waals surface area (Å²) < 4.78 is 0.649. The smallest absolute Gasteiger partial charge is 0.307 e. The molecular formula is C14H10BrNO4S. The SMILES string of the molecule is O=C(O)Cc1ccc(Sc2ccc([N+](=O)[O-])cc2Br)cc1. The van der Waals surface area contributed by atoms with Gasteiger partial charge in [-0.2, -0.15) is 0 Å². The van der Waals surface area contributed by atoms with E-state index in [9.17, 15) is 14.9 Å². The third-order valence-electron chi connectivity index (χ3n) is 2.63. The first kappa shape index (κ1) is 15.5. The van der Waals surface area contributed by atoms with Crippen molar-refractivity contribution in [1.82, 2.24) is 0 Å². The van der Waals surface area contributed by atoms with Crippen LogP contribution in [0.25, 0.3) is 0 Å². The Balaban J connectivity index is 2.14. The fourth-order valence-corrected chi connectivity index (χ4v) is 3.09. The lowest BCUT2D eigenvalue weighted by Crippen LogP contribution is -1.99. The third kappa shape index (κ3) is 4.30. The largest absolute Gasteiger partial charge is 0.481 e. The lowest BCUT2D eigenvalue weighted by molar-refractivity contribution is -0.385. The molecule has 0 fully saturated rings. The summed E-state index contributed by atoms with van der Waals surface area (Å²) in [6.07, 6.45) is -0.00777. The van der Waals surface area contributed by atoms with Crippen LogP contribution in [0.4, 0.5) is 5.69 Å². The minimum atomic E-state index is -0.867. The molecule has 0 unspecified atom stereocenters. The van der Waals surface area contributed by atoms with Gasteiger partial charge in [-0.25, -0.2) is 0 Å². The van der Waals surface area contributed by atoms with E-state index in [1.165, 1.54) is 23.9 Å². The van der Waals surface area contributed by atoms with Crippen molar-refractivity contribution in [2.24, 2.45) is 0 Å². The Morgan fingerprint density at radius 1 is 1.24 bits per heavy atom. The Morgan fingerprint density at radius 2 is 1.90 bits per heavy atom. The second-order valence-electron chi connectivity index (χ2n) is 4.19. The molecule has 0 bridgehead atoms. The lowest BCUT2D eigenvalue weighted by atomic mass is 10.2. The Kier molecular flexibility index (Phi) is 4.98. The van der Waals surface area contributed by atoms with Gasteiger partial charge in [-0.05, 0) is 39.7 Å². The first-order chi connectivity index (χ1) is 9.95. The lowest BCUT2D eigenvalue weighted by Gasteiger charge is -2.05. The van der Waals surface area contributed by atoms with E-state index in [1.54, 1.807) is 18.2 Å². The molecular weight excluding hydrogens is 358 g/mol. The molecule has 0 radical (unpaired) electrons. The number of hydrogen-bond acceptors (Lipinski definition) is 4. The van der Waals surface area contributed by atoms with Crippen LogP contribution in [0.2, 0.25) is 0 Å². The Morgan fingerprint density at radius 3 is 2.43 bits per heavy atom. The maximum Gasteiger partial charge on any atom is 0.307 e. The van der Waals surface area contributed by atoms with E-state index in [0.717, 1.165) is 15.4 Å². The number of carboxylic acids is 1. The maximum atomic E-state index is 10.7. The number of nitrogens with zero attached hydrogens (tertiary/aromatic N) is 1. The van der Waals surface area contributed by atoms with Gasteiger partial charge in [0.2, 0.25) is 0 Å². The number of rotatable bonds is 5. The van der Waals surface area contributed by atoms with E-state index < -0.39 is 10.9 Å². The molecule has 0 saturated carbocycles. The van der Waals surface area contributed by atoms with Crippen LogP contribution in [-0.4, -0.2) is 16.0 Å². The molecule has 5 nitrogen and oxygen atoms in total. The normalized spacial score (nSPS) is 10.3. The molecule has 0 aliphatic rings. The number of halogens is 1. The predicted molar refractivity (Wildman–Crippen MR) is 82.7 cm³/mol. The molecule has 0 spiro atoms. The summed E-state index contributed by atoms with van der Waals surface area (Å²) in [6.45, 7) is 0. The molecule has 0 aliphatic carbocycles. The summed E-state index contributed by atoms with van der Waals surface area (Å²) in [5.41, 5.74) is 0.762. The van der Waals surface area contributed by atoms with Crippen LogP contribution in [-0.2, 0) is 11.2 Å². The quantitative estimate of drug-likeness (QED) is 0.634. The summed E-state index contributed by atoms with van der Waals surface area (Å²) in [4.78, 5) is 22.6. The van der Waals surface area contributed by atoms with Gasteiger partial charge in [-0.3, -0.25) is 14.9 Å². The highest BCUT2D eigenvalue weighted by molar-refractivity contribution is 9.10. The molecule has 0 aliphatic heterocycles. The highest BCUT2D eigenvalue weighted by Gasteiger charge is 2.10. The number of non-ortho nitro benzene ring substituents is 1. The summed E-state index contributed by atoms with van der Waals surface area (Å²) >= 11 is 4.76. The molecule has 2 rings (SSSR count). The van der Waals surface area contributed by atoms with Crippen molar-refractivity contribution in [3.8, 4) is 0 Å². The van der Waals surface area contributed by atoms with Gasteiger partial charge in [0.1, 0.15) is 0 Å². The minimum absolute atomic E-state index is 0.00777. The van der Waals surface area contributed by atoms with E-state index in [0.29, 0.717) is 4.47 Å². The predicted octanol–water partition coefficient (Wildman–Crippen LogP) is 4.14. The van der Waals surface area contributed by atoms with Gasteiger partial charge < -0.3 is 5.11 Å². The van der Waals surface area contributed by atoms with Gasteiger partial charge in [0, 0.05) is 26.4 Å². The number of carbonyl (C=O) groups is 1. The van der Waals surface area contributed by atoms with E-state index in [-0.39, 0.29) is 12.1 Å². The van der Waals surface area contributed by atoms with Crippen LogP contribution < -0.4 is 0 Å². The van der Waals surface area contributed by atoms with Crippen LogP contribution in [0.15, 0.2) is 56.7 Å². The zero-order chi connectivity index (χ0) is 15.4. The molecule has 0 aromatic heterocycles.